The third kappa shape index (κ3) is 2.76. The lowest BCUT2D eigenvalue weighted by Crippen LogP contribution is -2.07. The number of thiophene rings is 1. The van der Waals surface area contributed by atoms with Crippen molar-refractivity contribution in [1.82, 2.24) is 9.78 Å². The number of hydrogen-bond acceptors (Lipinski definition) is 3. The summed E-state index contributed by atoms with van der Waals surface area (Å²) in [6.45, 7) is 4.96. The lowest BCUT2D eigenvalue weighted by molar-refractivity contribution is 0.179. The van der Waals surface area contributed by atoms with Crippen LogP contribution in [0.2, 0.25) is 5.02 Å². The molecule has 0 radical (unpaired) electrons. The zero-order chi connectivity index (χ0) is 13.1. The molecule has 1 N–H and O–H groups in total. The minimum Gasteiger partial charge on any atom is -0.387 e. The van der Waals surface area contributed by atoms with Crippen molar-refractivity contribution in [2.75, 3.05) is 0 Å². The molecule has 0 aromatic carbocycles. The van der Waals surface area contributed by atoms with Gasteiger partial charge in [-0.1, -0.05) is 18.5 Å². The van der Waals surface area contributed by atoms with Crippen LogP contribution in [0.5, 0.6) is 0 Å². The Morgan fingerprint density at radius 3 is 2.83 bits per heavy atom. The van der Waals surface area contributed by atoms with E-state index in [-0.39, 0.29) is 0 Å². The molecule has 2 aromatic rings. The van der Waals surface area contributed by atoms with Gasteiger partial charge in [-0.3, -0.25) is 4.68 Å². The molecule has 0 aliphatic rings. The summed E-state index contributed by atoms with van der Waals surface area (Å²) in [5.74, 6) is 0. The molecule has 0 fully saturated rings. The van der Waals surface area contributed by atoms with Gasteiger partial charge in [-0.05, 0) is 30.9 Å². The number of aliphatic hydroxyl groups is 1. The normalized spacial score (nSPS) is 12.9. The van der Waals surface area contributed by atoms with E-state index in [4.69, 9.17) is 11.6 Å². The van der Waals surface area contributed by atoms with Crippen LogP contribution in [0.25, 0.3) is 0 Å². The number of aliphatic hydroxyl groups excluding tert-OH is 1. The Bertz CT molecular complexity index is 521. The Morgan fingerprint density at radius 1 is 1.50 bits per heavy atom. The molecule has 1 atom stereocenters. The Balaban J connectivity index is 2.18. The molecule has 0 spiro atoms. The molecule has 0 aliphatic heterocycles. The van der Waals surface area contributed by atoms with Crippen LogP contribution < -0.4 is 0 Å². The highest BCUT2D eigenvalue weighted by molar-refractivity contribution is 7.10. The SMILES string of the molecule is CCc1cc(CC(O)c2sccc2Cl)n(CC)n1. The molecule has 2 heterocycles. The first-order valence-electron chi connectivity index (χ1n) is 6.12. The monoisotopic (exact) mass is 284 g/mol. The maximum absolute atomic E-state index is 10.2. The van der Waals surface area contributed by atoms with Crippen LogP contribution in [-0.2, 0) is 19.4 Å². The quantitative estimate of drug-likeness (QED) is 0.913. The molecule has 0 aliphatic carbocycles. The molecule has 2 rings (SSSR count). The average Bonchev–Trinajstić information content (AvgIpc) is 2.95. The van der Waals surface area contributed by atoms with Crippen molar-refractivity contribution < 1.29 is 5.11 Å². The second-order valence-electron chi connectivity index (χ2n) is 4.15. The van der Waals surface area contributed by atoms with E-state index in [0.717, 1.165) is 29.2 Å². The maximum atomic E-state index is 10.2. The third-order valence-corrected chi connectivity index (χ3v) is 4.39. The van der Waals surface area contributed by atoms with Gasteiger partial charge in [0.1, 0.15) is 0 Å². The molecule has 0 saturated heterocycles. The van der Waals surface area contributed by atoms with Gasteiger partial charge >= 0.3 is 0 Å². The molecule has 3 nitrogen and oxygen atoms in total. The van der Waals surface area contributed by atoms with Gasteiger partial charge in [0, 0.05) is 18.7 Å². The standard InChI is InChI=1S/C13H17ClN2OS/c1-3-9-7-10(16(4-2)15-9)8-12(17)13-11(14)5-6-18-13/h5-7,12,17H,3-4,8H2,1-2H3. The van der Waals surface area contributed by atoms with Gasteiger partial charge in [-0.15, -0.1) is 11.3 Å². The fraction of sp³-hybridized carbons (Fsp3) is 0.462. The zero-order valence-corrected chi connectivity index (χ0v) is 12.1. The summed E-state index contributed by atoms with van der Waals surface area (Å²) in [5, 5.41) is 17.3. The summed E-state index contributed by atoms with van der Waals surface area (Å²) in [6, 6.07) is 3.88. The summed E-state index contributed by atoms with van der Waals surface area (Å²) >= 11 is 7.53. The summed E-state index contributed by atoms with van der Waals surface area (Å²) in [7, 11) is 0. The van der Waals surface area contributed by atoms with Crippen LogP contribution in [0, 0.1) is 0 Å². The van der Waals surface area contributed by atoms with E-state index in [9.17, 15) is 5.11 Å². The van der Waals surface area contributed by atoms with E-state index >= 15 is 0 Å². The van der Waals surface area contributed by atoms with Crippen molar-refractivity contribution >= 4 is 22.9 Å². The third-order valence-electron chi connectivity index (χ3n) is 2.93. The van der Waals surface area contributed by atoms with E-state index < -0.39 is 6.10 Å². The Labute approximate surface area is 116 Å². The highest BCUT2D eigenvalue weighted by Gasteiger charge is 2.16. The second kappa shape index (κ2) is 5.87. The van der Waals surface area contributed by atoms with E-state index in [1.807, 2.05) is 16.1 Å². The molecule has 0 amide bonds. The maximum Gasteiger partial charge on any atom is 0.0952 e. The average molecular weight is 285 g/mol. The molecule has 0 saturated carbocycles. The summed E-state index contributed by atoms with van der Waals surface area (Å²) in [5.41, 5.74) is 2.13. The highest BCUT2D eigenvalue weighted by atomic mass is 35.5. The first kappa shape index (κ1) is 13.6. The van der Waals surface area contributed by atoms with Crippen molar-refractivity contribution in [3.63, 3.8) is 0 Å². The van der Waals surface area contributed by atoms with E-state index in [0.29, 0.717) is 11.4 Å². The fourth-order valence-electron chi connectivity index (χ4n) is 1.96. The summed E-state index contributed by atoms with van der Waals surface area (Å²) < 4.78 is 1.95. The Morgan fingerprint density at radius 2 is 2.28 bits per heavy atom. The van der Waals surface area contributed by atoms with Crippen LogP contribution in [0.1, 0.15) is 36.2 Å². The van der Waals surface area contributed by atoms with Crippen LogP contribution in [-0.4, -0.2) is 14.9 Å². The number of aromatic nitrogens is 2. The largest absolute Gasteiger partial charge is 0.387 e. The molecule has 2 aromatic heterocycles. The topological polar surface area (TPSA) is 38.0 Å². The Hall–Kier alpha value is -0.840. The number of aryl methyl sites for hydroxylation is 2. The van der Waals surface area contributed by atoms with Crippen molar-refractivity contribution in [1.29, 1.82) is 0 Å². The van der Waals surface area contributed by atoms with Crippen molar-refractivity contribution in [2.45, 2.75) is 39.3 Å². The van der Waals surface area contributed by atoms with Crippen molar-refractivity contribution in [2.24, 2.45) is 0 Å². The van der Waals surface area contributed by atoms with Gasteiger partial charge in [-0.2, -0.15) is 5.10 Å². The first-order chi connectivity index (χ1) is 8.65. The molecule has 1 unspecified atom stereocenters. The number of hydrogen-bond donors (Lipinski definition) is 1. The predicted octanol–water partition coefficient (Wildman–Crippen LogP) is 3.46. The smallest absolute Gasteiger partial charge is 0.0952 e. The minimum absolute atomic E-state index is 0.552. The van der Waals surface area contributed by atoms with Gasteiger partial charge in [0.2, 0.25) is 0 Å². The minimum atomic E-state index is -0.552. The van der Waals surface area contributed by atoms with Crippen LogP contribution in [0.15, 0.2) is 17.5 Å². The van der Waals surface area contributed by atoms with Crippen molar-refractivity contribution in [3.8, 4) is 0 Å². The molecule has 0 bridgehead atoms. The number of rotatable bonds is 5. The van der Waals surface area contributed by atoms with Gasteiger partial charge in [0.25, 0.3) is 0 Å². The van der Waals surface area contributed by atoms with E-state index in [2.05, 4.69) is 25.0 Å². The molecular formula is C13H17ClN2OS. The first-order valence-corrected chi connectivity index (χ1v) is 7.38. The van der Waals surface area contributed by atoms with Gasteiger partial charge < -0.3 is 5.11 Å². The fourth-order valence-corrected chi connectivity index (χ4v) is 3.13. The molecule has 98 valence electrons. The zero-order valence-electron chi connectivity index (χ0n) is 10.6. The lowest BCUT2D eigenvalue weighted by Gasteiger charge is -2.10. The number of halogens is 1. The van der Waals surface area contributed by atoms with Crippen LogP contribution >= 0.6 is 22.9 Å². The summed E-state index contributed by atoms with van der Waals surface area (Å²) in [6.07, 6.45) is 0.918. The van der Waals surface area contributed by atoms with E-state index in [1.165, 1.54) is 11.3 Å². The van der Waals surface area contributed by atoms with Gasteiger partial charge in [0.05, 0.1) is 21.7 Å². The van der Waals surface area contributed by atoms with Crippen LogP contribution in [0.4, 0.5) is 0 Å². The molecule has 18 heavy (non-hydrogen) atoms. The molecular weight excluding hydrogens is 268 g/mol. The summed E-state index contributed by atoms with van der Waals surface area (Å²) in [4.78, 5) is 0.832. The lowest BCUT2D eigenvalue weighted by atomic mass is 10.1. The van der Waals surface area contributed by atoms with Crippen molar-refractivity contribution in [3.05, 3.63) is 38.8 Å². The van der Waals surface area contributed by atoms with Gasteiger partial charge in [-0.25, -0.2) is 0 Å². The van der Waals surface area contributed by atoms with Gasteiger partial charge in [0.15, 0.2) is 0 Å². The molecule has 5 heteroatoms. The van der Waals surface area contributed by atoms with Crippen LogP contribution in [0.3, 0.4) is 0 Å². The van der Waals surface area contributed by atoms with E-state index in [1.54, 1.807) is 0 Å². The Kier molecular flexibility index (Phi) is 4.43. The number of nitrogens with zero attached hydrogens (tertiary/aromatic N) is 2. The highest BCUT2D eigenvalue weighted by Crippen LogP contribution is 2.30. The predicted molar refractivity (Wildman–Crippen MR) is 75.3 cm³/mol. The second-order valence-corrected chi connectivity index (χ2v) is 5.50.